The average Bonchev–Trinajstić information content (AvgIpc) is 2.26. The van der Waals surface area contributed by atoms with Gasteiger partial charge >= 0.3 is 11.8 Å². The maximum Gasteiger partial charge on any atom is 0.312 e. The molecule has 1 rings (SSSR count). The zero-order valence-corrected chi connectivity index (χ0v) is 7.69. The minimum atomic E-state index is -0.707. The Balaban J connectivity index is 2.44. The molecule has 0 bridgehead atoms. The van der Waals surface area contributed by atoms with Crippen molar-refractivity contribution in [1.29, 1.82) is 5.26 Å². The summed E-state index contributed by atoms with van der Waals surface area (Å²) in [6.07, 6.45) is 4.59. The van der Waals surface area contributed by atoms with Gasteiger partial charge in [0, 0.05) is 13.1 Å². The Bertz CT molecular complexity index is 304. The van der Waals surface area contributed by atoms with Gasteiger partial charge in [-0.2, -0.15) is 5.26 Å². The van der Waals surface area contributed by atoms with Crippen molar-refractivity contribution in [3.63, 3.8) is 0 Å². The van der Waals surface area contributed by atoms with Gasteiger partial charge in [-0.1, -0.05) is 12.2 Å². The molecular formula is C9H11N3O2. The maximum atomic E-state index is 11.4. The summed E-state index contributed by atoms with van der Waals surface area (Å²) >= 11 is 0. The van der Waals surface area contributed by atoms with Crippen LogP contribution in [0.25, 0.3) is 0 Å². The van der Waals surface area contributed by atoms with E-state index in [9.17, 15) is 9.59 Å². The van der Waals surface area contributed by atoms with Gasteiger partial charge in [0.1, 0.15) is 6.54 Å². The number of carbonyl (C=O) groups is 2. The summed E-state index contributed by atoms with van der Waals surface area (Å²) in [7, 11) is 0. The molecule has 5 heteroatoms. The van der Waals surface area contributed by atoms with Gasteiger partial charge in [-0.3, -0.25) is 9.59 Å². The first-order valence-electron chi connectivity index (χ1n) is 4.34. The molecule has 74 valence electrons. The minimum absolute atomic E-state index is 0.131. The second kappa shape index (κ2) is 5.02. The van der Waals surface area contributed by atoms with E-state index in [4.69, 9.17) is 5.26 Å². The van der Waals surface area contributed by atoms with E-state index in [-0.39, 0.29) is 6.54 Å². The van der Waals surface area contributed by atoms with Crippen LogP contribution in [0.5, 0.6) is 0 Å². The molecule has 1 aliphatic rings. The van der Waals surface area contributed by atoms with Crippen LogP contribution in [0.3, 0.4) is 0 Å². The Labute approximate surface area is 82.0 Å². The third kappa shape index (κ3) is 2.59. The van der Waals surface area contributed by atoms with Crippen LogP contribution in [-0.2, 0) is 9.59 Å². The van der Waals surface area contributed by atoms with Gasteiger partial charge in [0.15, 0.2) is 0 Å². The van der Waals surface area contributed by atoms with E-state index in [1.54, 1.807) is 6.07 Å². The lowest BCUT2D eigenvalue weighted by molar-refractivity contribution is -0.145. The number of nitrogens with zero attached hydrogens (tertiary/aromatic N) is 2. The lowest BCUT2D eigenvalue weighted by Crippen LogP contribution is -2.44. The number of amides is 2. The first-order chi connectivity index (χ1) is 6.75. The van der Waals surface area contributed by atoms with Crippen LogP contribution < -0.4 is 5.32 Å². The van der Waals surface area contributed by atoms with Gasteiger partial charge in [-0.15, -0.1) is 0 Å². The number of carbonyl (C=O) groups excluding carboxylic acids is 2. The Morgan fingerprint density at radius 1 is 1.50 bits per heavy atom. The lowest BCUT2D eigenvalue weighted by atomic mass is 10.2. The van der Waals surface area contributed by atoms with E-state index in [1.807, 2.05) is 12.2 Å². The number of nitrogens with one attached hydrogen (secondary N) is 1. The third-order valence-electron chi connectivity index (χ3n) is 1.87. The summed E-state index contributed by atoms with van der Waals surface area (Å²) in [6, 6.07) is 1.74. The number of rotatable bonds is 1. The first kappa shape index (κ1) is 10.3. The zero-order chi connectivity index (χ0) is 10.4. The molecule has 1 heterocycles. The predicted molar refractivity (Wildman–Crippen MR) is 49.0 cm³/mol. The van der Waals surface area contributed by atoms with Crippen molar-refractivity contribution in [2.24, 2.45) is 0 Å². The van der Waals surface area contributed by atoms with Crippen molar-refractivity contribution < 1.29 is 9.59 Å². The quantitative estimate of drug-likeness (QED) is 0.344. The van der Waals surface area contributed by atoms with Crippen molar-refractivity contribution in [1.82, 2.24) is 10.2 Å². The highest BCUT2D eigenvalue weighted by atomic mass is 16.2. The second-order valence-electron chi connectivity index (χ2n) is 2.85. The van der Waals surface area contributed by atoms with E-state index in [1.165, 1.54) is 4.90 Å². The number of hydrogen-bond acceptors (Lipinski definition) is 3. The average molecular weight is 193 g/mol. The normalized spacial score (nSPS) is 14.6. The Hall–Kier alpha value is -1.83. The highest BCUT2D eigenvalue weighted by Gasteiger charge is 2.20. The van der Waals surface area contributed by atoms with Gasteiger partial charge in [0.05, 0.1) is 6.07 Å². The molecule has 2 amide bonds. The predicted octanol–water partition coefficient (Wildman–Crippen LogP) is -0.585. The smallest absolute Gasteiger partial charge is 0.312 e. The van der Waals surface area contributed by atoms with E-state index >= 15 is 0 Å². The molecule has 0 saturated carbocycles. The summed E-state index contributed by atoms with van der Waals surface area (Å²) < 4.78 is 0. The Morgan fingerprint density at radius 2 is 2.29 bits per heavy atom. The van der Waals surface area contributed by atoms with Gasteiger partial charge in [0.25, 0.3) is 0 Å². The van der Waals surface area contributed by atoms with Crippen LogP contribution >= 0.6 is 0 Å². The number of nitriles is 1. The van der Waals surface area contributed by atoms with E-state index in [2.05, 4.69) is 5.32 Å². The molecular weight excluding hydrogens is 182 g/mol. The van der Waals surface area contributed by atoms with Crippen molar-refractivity contribution in [2.75, 3.05) is 19.6 Å². The Kier molecular flexibility index (Phi) is 3.68. The third-order valence-corrected chi connectivity index (χ3v) is 1.87. The summed E-state index contributed by atoms with van der Waals surface area (Å²) in [6.45, 7) is 0.905. The molecule has 5 nitrogen and oxygen atoms in total. The van der Waals surface area contributed by atoms with Crippen molar-refractivity contribution in [3.05, 3.63) is 12.2 Å². The van der Waals surface area contributed by atoms with Crippen molar-refractivity contribution >= 4 is 11.8 Å². The Morgan fingerprint density at radius 3 is 2.86 bits per heavy atom. The van der Waals surface area contributed by atoms with Crippen LogP contribution in [0.4, 0.5) is 0 Å². The highest BCUT2D eigenvalue weighted by Crippen LogP contribution is 2.00. The monoisotopic (exact) mass is 193 g/mol. The molecule has 0 aromatic rings. The summed E-state index contributed by atoms with van der Waals surface area (Å²) in [4.78, 5) is 23.9. The fourth-order valence-corrected chi connectivity index (χ4v) is 1.16. The van der Waals surface area contributed by atoms with E-state index in [0.717, 1.165) is 6.42 Å². The van der Waals surface area contributed by atoms with Crippen LogP contribution in [-0.4, -0.2) is 36.3 Å². The summed E-state index contributed by atoms with van der Waals surface area (Å²) in [5.74, 6) is -1.27. The lowest BCUT2D eigenvalue weighted by Gasteiger charge is -2.22. The second-order valence-corrected chi connectivity index (χ2v) is 2.85. The van der Waals surface area contributed by atoms with E-state index in [0.29, 0.717) is 13.1 Å². The van der Waals surface area contributed by atoms with Crippen molar-refractivity contribution in [2.45, 2.75) is 6.42 Å². The van der Waals surface area contributed by atoms with Gasteiger partial charge in [0.2, 0.25) is 0 Å². The fraction of sp³-hybridized carbons (Fsp3) is 0.444. The van der Waals surface area contributed by atoms with Crippen LogP contribution in [0.1, 0.15) is 6.42 Å². The highest BCUT2D eigenvalue weighted by molar-refractivity contribution is 6.35. The largest absolute Gasteiger partial charge is 0.335 e. The SMILES string of the molecule is N#CCNC(=O)C(=O)N1CC=CCC1. The summed E-state index contributed by atoms with van der Waals surface area (Å²) in [5, 5.41) is 10.4. The molecule has 1 N–H and O–H groups in total. The van der Waals surface area contributed by atoms with E-state index < -0.39 is 11.8 Å². The van der Waals surface area contributed by atoms with Crippen molar-refractivity contribution in [3.8, 4) is 6.07 Å². The molecule has 0 saturated heterocycles. The molecule has 0 spiro atoms. The topological polar surface area (TPSA) is 73.2 Å². The molecule has 1 aliphatic heterocycles. The standard InChI is InChI=1S/C9H11N3O2/c10-4-5-11-8(13)9(14)12-6-2-1-3-7-12/h1-2H,3,5-7H2,(H,11,13). The maximum absolute atomic E-state index is 11.4. The van der Waals surface area contributed by atoms with Crippen LogP contribution in [0.2, 0.25) is 0 Å². The molecule has 0 aliphatic carbocycles. The van der Waals surface area contributed by atoms with Crippen LogP contribution in [0.15, 0.2) is 12.2 Å². The van der Waals surface area contributed by atoms with Gasteiger partial charge < -0.3 is 10.2 Å². The molecule has 0 aromatic carbocycles. The zero-order valence-electron chi connectivity index (χ0n) is 7.69. The minimum Gasteiger partial charge on any atom is -0.335 e. The molecule has 0 aromatic heterocycles. The molecule has 0 fully saturated rings. The summed E-state index contributed by atoms with van der Waals surface area (Å²) in [5.41, 5.74) is 0. The van der Waals surface area contributed by atoms with Gasteiger partial charge in [-0.05, 0) is 6.42 Å². The molecule has 14 heavy (non-hydrogen) atoms. The number of hydrogen-bond donors (Lipinski definition) is 1. The van der Waals surface area contributed by atoms with Crippen LogP contribution in [0, 0.1) is 11.3 Å². The molecule has 0 radical (unpaired) electrons. The first-order valence-corrected chi connectivity index (χ1v) is 4.34. The molecule has 0 unspecified atom stereocenters. The van der Waals surface area contributed by atoms with Gasteiger partial charge in [-0.25, -0.2) is 0 Å². The molecule has 0 atom stereocenters. The fourth-order valence-electron chi connectivity index (χ4n) is 1.16.